The van der Waals surface area contributed by atoms with Crippen molar-refractivity contribution in [2.75, 3.05) is 30.1 Å². The molecule has 42 heavy (non-hydrogen) atoms. The normalized spacial score (nSPS) is 17.8. The van der Waals surface area contributed by atoms with Gasteiger partial charge in [-0.2, -0.15) is 0 Å². The molecule has 1 aliphatic rings. The van der Waals surface area contributed by atoms with E-state index in [0.29, 0.717) is 41.8 Å². The highest BCUT2D eigenvalue weighted by atomic mass is 31.2. The van der Waals surface area contributed by atoms with Gasteiger partial charge in [-0.1, -0.05) is 0 Å². The van der Waals surface area contributed by atoms with Gasteiger partial charge in [0.2, 0.25) is 6.43 Å². The number of aromatic nitrogens is 5. The van der Waals surface area contributed by atoms with Crippen LogP contribution in [0.1, 0.15) is 24.8 Å². The van der Waals surface area contributed by atoms with Crippen LogP contribution in [0.3, 0.4) is 0 Å². The highest BCUT2D eigenvalue weighted by molar-refractivity contribution is 7.51. The van der Waals surface area contributed by atoms with Gasteiger partial charge in [0.25, 0.3) is 0 Å². The first-order valence-electron chi connectivity index (χ1n) is 12.7. The lowest BCUT2D eigenvalue weighted by Crippen LogP contribution is -2.55. The number of piperidine rings is 1. The molecule has 0 radical (unpaired) electrons. The van der Waals surface area contributed by atoms with Crippen molar-refractivity contribution in [3.8, 4) is 17.0 Å². The van der Waals surface area contributed by atoms with Crippen molar-refractivity contribution in [2.45, 2.75) is 37.8 Å². The van der Waals surface area contributed by atoms with E-state index in [9.17, 15) is 22.1 Å². The SMILES string of the molecule is Nc1ncnc2c1ncn2Cc1cc(-c2cc(F)c(OCP(=O)(O)O)c(F)c2)ncc1N1CCC[C@](N)(CC(F)F)C1. The Morgan fingerprint density at radius 1 is 1.12 bits per heavy atom. The number of hydrogen-bond donors (Lipinski definition) is 4. The standard InChI is InChI=1S/C25H27F4N8O4P/c26-16-4-14(5-17(27)22(16)41-13-42(38,39)40)18-6-15(9-37-12-35-21-23(30)33-11-34-24(21)37)19(8-32-18)36-3-1-2-25(31,10-36)7-20(28)29/h4-6,8,11-12,20H,1-3,7,9-10,13,31H2,(H2,30,33,34)(H2,38,39,40)/t25-/m0/s1. The van der Waals surface area contributed by atoms with Gasteiger partial charge >= 0.3 is 7.60 Å². The number of rotatable bonds is 9. The number of nitrogens with two attached hydrogens (primary N) is 2. The summed E-state index contributed by atoms with van der Waals surface area (Å²) in [4.78, 5) is 36.7. The highest BCUT2D eigenvalue weighted by Crippen LogP contribution is 2.38. The molecule has 1 aromatic carbocycles. The Balaban J connectivity index is 1.55. The Morgan fingerprint density at radius 3 is 2.55 bits per heavy atom. The molecular formula is C25H27F4N8O4P. The molecule has 0 saturated carbocycles. The van der Waals surface area contributed by atoms with Gasteiger partial charge in [-0.05, 0) is 36.6 Å². The number of pyridine rings is 1. The number of nitrogens with zero attached hydrogens (tertiary/aromatic N) is 6. The first-order valence-corrected chi connectivity index (χ1v) is 14.5. The first-order chi connectivity index (χ1) is 19.8. The second-order valence-corrected chi connectivity index (χ2v) is 11.8. The minimum atomic E-state index is -4.68. The molecule has 3 aromatic heterocycles. The van der Waals surface area contributed by atoms with Crippen molar-refractivity contribution in [3.05, 3.63) is 54.2 Å². The first kappa shape index (κ1) is 29.6. The minimum absolute atomic E-state index is 0.0212. The van der Waals surface area contributed by atoms with E-state index < -0.39 is 49.7 Å². The van der Waals surface area contributed by atoms with Crippen molar-refractivity contribution in [2.24, 2.45) is 5.73 Å². The van der Waals surface area contributed by atoms with Crippen LogP contribution in [0.25, 0.3) is 22.4 Å². The van der Waals surface area contributed by atoms with Crippen LogP contribution in [0.4, 0.5) is 29.1 Å². The second kappa shape index (κ2) is 11.4. The number of alkyl halides is 2. The lowest BCUT2D eigenvalue weighted by Gasteiger charge is -2.42. The minimum Gasteiger partial charge on any atom is -0.475 e. The Bertz CT molecular complexity index is 1650. The molecule has 1 fully saturated rings. The molecule has 17 heteroatoms. The third-order valence-corrected chi connectivity index (χ3v) is 7.38. The van der Waals surface area contributed by atoms with Crippen LogP contribution in [-0.4, -0.2) is 65.7 Å². The lowest BCUT2D eigenvalue weighted by molar-refractivity contribution is 0.0983. The Hall–Kier alpha value is -3.85. The number of benzene rings is 1. The predicted octanol–water partition coefficient (Wildman–Crippen LogP) is 3.26. The molecular weight excluding hydrogens is 583 g/mol. The molecule has 1 aliphatic heterocycles. The molecule has 1 saturated heterocycles. The Morgan fingerprint density at radius 2 is 1.86 bits per heavy atom. The number of hydrogen-bond acceptors (Lipinski definition) is 9. The van der Waals surface area contributed by atoms with Crippen LogP contribution in [0.15, 0.2) is 37.1 Å². The molecule has 4 aromatic rings. The number of nitrogen functional groups attached to an aromatic ring is 1. The van der Waals surface area contributed by atoms with Crippen LogP contribution in [-0.2, 0) is 11.1 Å². The van der Waals surface area contributed by atoms with Crippen molar-refractivity contribution in [1.29, 1.82) is 0 Å². The number of halogens is 4. The van der Waals surface area contributed by atoms with E-state index in [2.05, 4.69) is 24.7 Å². The summed E-state index contributed by atoms with van der Waals surface area (Å²) in [6, 6.07) is 3.45. The zero-order valence-electron chi connectivity index (χ0n) is 22.0. The molecule has 6 N–H and O–H groups in total. The summed E-state index contributed by atoms with van der Waals surface area (Å²) >= 11 is 0. The molecule has 1 atom stereocenters. The summed E-state index contributed by atoms with van der Waals surface area (Å²) < 4.78 is 73.6. The van der Waals surface area contributed by atoms with Gasteiger partial charge in [0, 0.05) is 30.6 Å². The van der Waals surface area contributed by atoms with E-state index in [1.54, 1.807) is 10.6 Å². The number of anilines is 2. The summed E-state index contributed by atoms with van der Waals surface area (Å²) in [6.07, 6.45) is 1.02. The van der Waals surface area contributed by atoms with Gasteiger partial charge in [-0.25, -0.2) is 32.5 Å². The summed E-state index contributed by atoms with van der Waals surface area (Å²) in [6.45, 7) is 0.806. The molecule has 5 rings (SSSR count). The van der Waals surface area contributed by atoms with Crippen LogP contribution < -0.4 is 21.1 Å². The topological polar surface area (TPSA) is 179 Å². The second-order valence-electron chi connectivity index (χ2n) is 10.2. The van der Waals surface area contributed by atoms with Crippen LogP contribution in [0, 0.1) is 11.6 Å². The van der Waals surface area contributed by atoms with E-state index in [4.69, 9.17) is 21.3 Å². The van der Waals surface area contributed by atoms with Crippen LogP contribution >= 0.6 is 7.60 Å². The van der Waals surface area contributed by atoms with E-state index in [1.165, 1.54) is 18.9 Å². The van der Waals surface area contributed by atoms with Gasteiger partial charge in [-0.3, -0.25) is 9.55 Å². The molecule has 12 nitrogen and oxygen atoms in total. The summed E-state index contributed by atoms with van der Waals surface area (Å²) in [5.74, 6) is -3.13. The van der Waals surface area contributed by atoms with Gasteiger partial charge in [0.15, 0.2) is 35.2 Å². The summed E-state index contributed by atoms with van der Waals surface area (Å²) in [5, 5.41) is 0. The van der Waals surface area contributed by atoms with E-state index >= 15 is 0 Å². The third kappa shape index (κ3) is 6.46. The molecule has 0 bridgehead atoms. The van der Waals surface area contributed by atoms with Crippen molar-refractivity contribution in [1.82, 2.24) is 24.5 Å². The molecule has 0 spiro atoms. The van der Waals surface area contributed by atoms with Gasteiger partial charge in [0.05, 0.1) is 30.5 Å². The highest BCUT2D eigenvalue weighted by Gasteiger charge is 2.35. The number of fused-ring (bicyclic) bond motifs is 1. The average molecular weight is 611 g/mol. The van der Waals surface area contributed by atoms with Gasteiger partial charge < -0.3 is 35.5 Å². The molecule has 0 amide bonds. The summed E-state index contributed by atoms with van der Waals surface area (Å²) in [7, 11) is -4.68. The van der Waals surface area contributed by atoms with E-state index in [-0.39, 0.29) is 30.2 Å². The zero-order chi connectivity index (χ0) is 30.2. The monoisotopic (exact) mass is 610 g/mol. The van der Waals surface area contributed by atoms with Crippen molar-refractivity contribution >= 4 is 30.3 Å². The Kier molecular flexibility index (Phi) is 8.07. The molecule has 0 unspecified atom stereocenters. The van der Waals surface area contributed by atoms with Crippen molar-refractivity contribution in [3.63, 3.8) is 0 Å². The fraction of sp³-hybridized carbons (Fsp3) is 0.360. The van der Waals surface area contributed by atoms with Gasteiger partial charge in [-0.15, -0.1) is 0 Å². The van der Waals surface area contributed by atoms with E-state index in [0.717, 1.165) is 12.1 Å². The van der Waals surface area contributed by atoms with Crippen molar-refractivity contribution < 1.29 is 36.7 Å². The summed E-state index contributed by atoms with van der Waals surface area (Å²) in [5.41, 5.74) is 13.3. The maximum Gasteiger partial charge on any atom is 0.362 e. The molecule has 224 valence electrons. The average Bonchev–Trinajstić information content (AvgIpc) is 3.30. The number of ether oxygens (including phenoxy) is 1. The largest absolute Gasteiger partial charge is 0.475 e. The van der Waals surface area contributed by atoms with Gasteiger partial charge in [0.1, 0.15) is 11.8 Å². The fourth-order valence-corrected chi connectivity index (χ4v) is 5.39. The smallest absolute Gasteiger partial charge is 0.362 e. The maximum absolute atomic E-state index is 14.8. The van der Waals surface area contributed by atoms with Crippen LogP contribution in [0.5, 0.6) is 5.75 Å². The molecule has 4 heterocycles. The van der Waals surface area contributed by atoms with E-state index in [1.807, 2.05) is 4.90 Å². The number of imidazole rings is 1. The fourth-order valence-electron chi connectivity index (χ4n) is 5.09. The lowest BCUT2D eigenvalue weighted by atomic mass is 9.86. The van der Waals surface area contributed by atoms with Crippen LogP contribution in [0.2, 0.25) is 0 Å². The Labute approximate surface area is 236 Å². The zero-order valence-corrected chi connectivity index (χ0v) is 22.9. The maximum atomic E-state index is 14.8. The quantitative estimate of drug-likeness (QED) is 0.161. The third-order valence-electron chi connectivity index (χ3n) is 6.92. The predicted molar refractivity (Wildman–Crippen MR) is 145 cm³/mol. The molecule has 0 aliphatic carbocycles.